The maximum Gasteiger partial charge on any atom is 0.124 e. The first-order valence-electron chi connectivity index (χ1n) is 6.91. The lowest BCUT2D eigenvalue weighted by molar-refractivity contribution is 0.232. The van der Waals surface area contributed by atoms with E-state index in [1.54, 1.807) is 6.20 Å². The Morgan fingerprint density at radius 1 is 1.53 bits per heavy atom. The maximum absolute atomic E-state index is 5.76. The van der Waals surface area contributed by atoms with Gasteiger partial charge in [-0.2, -0.15) is 0 Å². The molecular formula is C14H22N4S. The smallest absolute Gasteiger partial charge is 0.124 e. The zero-order valence-corrected chi connectivity index (χ0v) is 12.5. The van der Waals surface area contributed by atoms with Crippen molar-refractivity contribution in [1.82, 2.24) is 9.88 Å². The third kappa shape index (κ3) is 3.04. The summed E-state index contributed by atoms with van der Waals surface area (Å²) in [6, 6.07) is 4.63. The number of hydrogen-bond donors (Lipinski definition) is 1. The largest absolute Gasteiger partial charge is 0.388 e. The fourth-order valence-corrected chi connectivity index (χ4v) is 3.00. The highest BCUT2D eigenvalue weighted by Gasteiger charge is 2.27. The van der Waals surface area contributed by atoms with Crippen molar-refractivity contribution in [2.75, 3.05) is 31.1 Å². The monoisotopic (exact) mass is 278 g/mol. The Morgan fingerprint density at radius 2 is 2.26 bits per heavy atom. The fourth-order valence-electron chi connectivity index (χ4n) is 2.84. The van der Waals surface area contributed by atoms with Crippen LogP contribution >= 0.6 is 12.2 Å². The minimum absolute atomic E-state index is 0.377. The molecule has 5 heteroatoms. The number of thiocarbonyl (C=S) groups is 1. The Bertz CT molecular complexity index is 445. The molecule has 0 radical (unpaired) electrons. The van der Waals surface area contributed by atoms with Crippen molar-refractivity contribution in [3.05, 3.63) is 24.0 Å². The van der Waals surface area contributed by atoms with E-state index in [4.69, 9.17) is 18.0 Å². The molecule has 1 fully saturated rings. The van der Waals surface area contributed by atoms with Gasteiger partial charge >= 0.3 is 0 Å². The summed E-state index contributed by atoms with van der Waals surface area (Å²) in [5.74, 6) is 0. The van der Waals surface area contributed by atoms with Gasteiger partial charge in [0.25, 0.3) is 0 Å². The van der Waals surface area contributed by atoms with Gasteiger partial charge in [-0.25, -0.2) is 0 Å². The zero-order valence-electron chi connectivity index (χ0n) is 11.7. The third-order valence-electron chi connectivity index (χ3n) is 3.85. The van der Waals surface area contributed by atoms with Crippen molar-refractivity contribution in [3.8, 4) is 0 Å². The van der Waals surface area contributed by atoms with Crippen molar-refractivity contribution in [3.63, 3.8) is 0 Å². The van der Waals surface area contributed by atoms with E-state index in [-0.39, 0.29) is 0 Å². The number of nitrogens with zero attached hydrogens (tertiary/aromatic N) is 3. The zero-order chi connectivity index (χ0) is 13.8. The van der Waals surface area contributed by atoms with Crippen molar-refractivity contribution in [1.29, 1.82) is 0 Å². The molecule has 2 N–H and O–H groups in total. The van der Waals surface area contributed by atoms with Crippen molar-refractivity contribution >= 4 is 22.9 Å². The number of nitrogens with two attached hydrogens (primary N) is 1. The Hall–Kier alpha value is -1.20. The van der Waals surface area contributed by atoms with Crippen molar-refractivity contribution < 1.29 is 0 Å². The van der Waals surface area contributed by atoms with Crippen LogP contribution in [-0.4, -0.2) is 47.1 Å². The number of rotatable bonds is 5. The van der Waals surface area contributed by atoms with Crippen LogP contribution in [0, 0.1) is 0 Å². The van der Waals surface area contributed by atoms with Gasteiger partial charge in [0, 0.05) is 25.3 Å². The summed E-state index contributed by atoms with van der Waals surface area (Å²) >= 11 is 5.09. The summed E-state index contributed by atoms with van der Waals surface area (Å²) in [7, 11) is 0. The normalized spacial score (nSPS) is 19.1. The van der Waals surface area contributed by atoms with Gasteiger partial charge in [-0.15, -0.1) is 0 Å². The first-order valence-corrected chi connectivity index (χ1v) is 7.32. The molecule has 0 aliphatic carbocycles. The first kappa shape index (κ1) is 14.2. The number of pyridine rings is 1. The molecule has 1 aromatic heterocycles. The van der Waals surface area contributed by atoms with Crippen LogP contribution in [0.3, 0.4) is 0 Å². The van der Waals surface area contributed by atoms with Gasteiger partial charge < -0.3 is 10.6 Å². The Morgan fingerprint density at radius 3 is 2.89 bits per heavy atom. The second-order valence-corrected chi connectivity index (χ2v) is 5.28. The van der Waals surface area contributed by atoms with Gasteiger partial charge in [0.15, 0.2) is 0 Å². The standard InChI is InChI=1S/C14H22N4S/c1-3-17(4-2)11-7-9-18(10-11)12-6-5-8-16-13(12)14(15)19/h5-6,8,11H,3-4,7,9-10H2,1-2H3,(H2,15,19). The van der Waals surface area contributed by atoms with Crippen LogP contribution in [0.1, 0.15) is 26.0 Å². The van der Waals surface area contributed by atoms with E-state index in [1.807, 2.05) is 6.07 Å². The molecule has 0 amide bonds. The predicted molar refractivity (Wildman–Crippen MR) is 83.7 cm³/mol. The van der Waals surface area contributed by atoms with Crippen molar-refractivity contribution in [2.24, 2.45) is 5.73 Å². The molecular weight excluding hydrogens is 256 g/mol. The van der Waals surface area contributed by atoms with E-state index in [0.29, 0.717) is 11.0 Å². The maximum atomic E-state index is 5.76. The second kappa shape index (κ2) is 6.30. The van der Waals surface area contributed by atoms with Crippen LogP contribution in [0.4, 0.5) is 5.69 Å². The predicted octanol–water partition coefficient (Wildman–Crippen LogP) is 1.64. The quantitative estimate of drug-likeness (QED) is 0.830. The molecule has 1 saturated heterocycles. The summed E-state index contributed by atoms with van der Waals surface area (Å²) in [5.41, 5.74) is 7.58. The van der Waals surface area contributed by atoms with Gasteiger partial charge in [0.05, 0.1) is 5.69 Å². The molecule has 0 saturated carbocycles. The Balaban J connectivity index is 2.15. The van der Waals surface area contributed by atoms with Gasteiger partial charge in [0.1, 0.15) is 10.7 Å². The minimum atomic E-state index is 0.377. The number of hydrogen-bond acceptors (Lipinski definition) is 4. The average molecular weight is 278 g/mol. The molecule has 19 heavy (non-hydrogen) atoms. The fraction of sp³-hybridized carbons (Fsp3) is 0.571. The Labute approximate surface area is 120 Å². The summed E-state index contributed by atoms with van der Waals surface area (Å²) < 4.78 is 0. The van der Waals surface area contributed by atoms with Gasteiger partial charge in [0.2, 0.25) is 0 Å². The average Bonchev–Trinajstić information content (AvgIpc) is 2.89. The van der Waals surface area contributed by atoms with Crippen LogP contribution < -0.4 is 10.6 Å². The van der Waals surface area contributed by atoms with Crippen LogP contribution in [0.15, 0.2) is 18.3 Å². The van der Waals surface area contributed by atoms with Gasteiger partial charge in [-0.05, 0) is 31.6 Å². The molecule has 0 spiro atoms. The Kier molecular flexibility index (Phi) is 4.71. The summed E-state index contributed by atoms with van der Waals surface area (Å²) in [6.45, 7) is 8.72. The lowest BCUT2D eigenvalue weighted by atomic mass is 10.2. The highest BCUT2D eigenvalue weighted by atomic mass is 32.1. The highest BCUT2D eigenvalue weighted by molar-refractivity contribution is 7.80. The molecule has 2 heterocycles. The summed E-state index contributed by atoms with van der Waals surface area (Å²) in [5, 5.41) is 0. The molecule has 104 valence electrons. The van der Waals surface area contributed by atoms with E-state index < -0.39 is 0 Å². The highest BCUT2D eigenvalue weighted by Crippen LogP contribution is 2.25. The van der Waals surface area contributed by atoms with Gasteiger partial charge in [-0.1, -0.05) is 26.1 Å². The number of aromatic nitrogens is 1. The summed E-state index contributed by atoms with van der Waals surface area (Å²) in [6.07, 6.45) is 2.93. The molecule has 0 aromatic carbocycles. The molecule has 1 atom stereocenters. The second-order valence-electron chi connectivity index (χ2n) is 4.85. The molecule has 1 aromatic rings. The topological polar surface area (TPSA) is 45.4 Å². The van der Waals surface area contributed by atoms with Crippen LogP contribution in [0.2, 0.25) is 0 Å². The van der Waals surface area contributed by atoms with Crippen LogP contribution in [-0.2, 0) is 0 Å². The first-order chi connectivity index (χ1) is 9.17. The van der Waals surface area contributed by atoms with Gasteiger partial charge in [-0.3, -0.25) is 9.88 Å². The molecule has 0 bridgehead atoms. The third-order valence-corrected chi connectivity index (χ3v) is 4.05. The van der Waals surface area contributed by atoms with E-state index >= 15 is 0 Å². The number of likely N-dealkylation sites (N-methyl/N-ethyl adjacent to an activating group) is 1. The SMILES string of the molecule is CCN(CC)C1CCN(c2cccnc2C(N)=S)C1. The van der Waals surface area contributed by atoms with E-state index in [2.05, 4.69) is 34.7 Å². The van der Waals surface area contributed by atoms with Crippen LogP contribution in [0.5, 0.6) is 0 Å². The number of anilines is 1. The summed E-state index contributed by atoms with van der Waals surface area (Å²) in [4.78, 5) is 9.55. The van der Waals surface area contributed by atoms with E-state index in [1.165, 1.54) is 6.42 Å². The molecule has 2 rings (SSSR count). The minimum Gasteiger partial charge on any atom is -0.388 e. The molecule has 1 unspecified atom stereocenters. The molecule has 1 aliphatic heterocycles. The van der Waals surface area contributed by atoms with Crippen molar-refractivity contribution in [2.45, 2.75) is 26.3 Å². The van der Waals surface area contributed by atoms with Crippen LogP contribution in [0.25, 0.3) is 0 Å². The molecule has 1 aliphatic rings. The lowest BCUT2D eigenvalue weighted by Crippen LogP contribution is -2.37. The van der Waals surface area contributed by atoms with E-state index in [9.17, 15) is 0 Å². The lowest BCUT2D eigenvalue weighted by Gasteiger charge is -2.27. The van der Waals surface area contributed by atoms with E-state index in [0.717, 1.165) is 37.6 Å². The molecule has 4 nitrogen and oxygen atoms in total.